The molecule has 0 spiro atoms. The highest BCUT2D eigenvalue weighted by Gasteiger charge is 2.00. The van der Waals surface area contributed by atoms with E-state index >= 15 is 0 Å². The molecular formula is C18H20O4. The van der Waals surface area contributed by atoms with Crippen molar-refractivity contribution in [1.29, 1.82) is 0 Å². The van der Waals surface area contributed by atoms with Crippen molar-refractivity contribution in [2.45, 2.75) is 13.3 Å². The molecule has 1 N–H and O–H groups in total. The largest absolute Gasteiger partial charge is 0.504 e. The smallest absolute Gasteiger partial charge is 0.308 e. The number of allylic oxidation sites excluding steroid dienone is 1. The maximum absolute atomic E-state index is 10.4. The van der Waals surface area contributed by atoms with E-state index in [-0.39, 0.29) is 11.7 Å². The molecule has 2 aromatic carbocycles. The van der Waals surface area contributed by atoms with Crippen LogP contribution in [0, 0.1) is 0 Å². The van der Waals surface area contributed by atoms with Crippen molar-refractivity contribution >= 4 is 5.97 Å². The van der Waals surface area contributed by atoms with E-state index in [4.69, 9.17) is 9.47 Å². The highest BCUT2D eigenvalue weighted by molar-refractivity contribution is 5.69. The number of phenols is 1. The fourth-order valence-electron chi connectivity index (χ4n) is 1.67. The summed E-state index contributed by atoms with van der Waals surface area (Å²) < 4.78 is 9.72. The van der Waals surface area contributed by atoms with Gasteiger partial charge in [0.1, 0.15) is 5.75 Å². The minimum Gasteiger partial charge on any atom is -0.504 e. The molecule has 4 nitrogen and oxygen atoms in total. The normalized spacial score (nSPS) is 9.18. The molecule has 0 unspecified atom stereocenters. The Bertz CT molecular complexity index is 606. The second-order valence-corrected chi connectivity index (χ2v) is 4.41. The van der Waals surface area contributed by atoms with Crippen molar-refractivity contribution in [3.63, 3.8) is 0 Å². The SMILES string of the molecule is C=CCc1ccc(O)c(OC)c1.CC(=O)Oc1ccccc1. The van der Waals surface area contributed by atoms with Crippen molar-refractivity contribution in [1.82, 2.24) is 0 Å². The number of hydrogen-bond donors (Lipinski definition) is 1. The fraction of sp³-hybridized carbons (Fsp3) is 0.167. The second-order valence-electron chi connectivity index (χ2n) is 4.41. The monoisotopic (exact) mass is 300 g/mol. The molecule has 0 atom stereocenters. The van der Waals surface area contributed by atoms with Crippen LogP contribution in [0.1, 0.15) is 12.5 Å². The van der Waals surface area contributed by atoms with E-state index in [1.165, 1.54) is 14.0 Å². The zero-order valence-electron chi connectivity index (χ0n) is 12.8. The van der Waals surface area contributed by atoms with Gasteiger partial charge in [-0.25, -0.2) is 0 Å². The topological polar surface area (TPSA) is 55.8 Å². The van der Waals surface area contributed by atoms with Gasteiger partial charge >= 0.3 is 5.97 Å². The van der Waals surface area contributed by atoms with Crippen molar-refractivity contribution in [3.05, 3.63) is 66.7 Å². The summed E-state index contributed by atoms with van der Waals surface area (Å²) >= 11 is 0. The number of para-hydroxylation sites is 1. The molecular weight excluding hydrogens is 280 g/mol. The van der Waals surface area contributed by atoms with E-state index in [0.29, 0.717) is 11.5 Å². The van der Waals surface area contributed by atoms with Gasteiger partial charge in [-0.2, -0.15) is 0 Å². The third-order valence-corrected chi connectivity index (χ3v) is 2.63. The average molecular weight is 300 g/mol. The van der Waals surface area contributed by atoms with Crippen LogP contribution in [0.4, 0.5) is 0 Å². The van der Waals surface area contributed by atoms with Crippen molar-refractivity contribution in [3.8, 4) is 17.2 Å². The van der Waals surface area contributed by atoms with Gasteiger partial charge in [0.2, 0.25) is 0 Å². The van der Waals surface area contributed by atoms with E-state index in [9.17, 15) is 9.90 Å². The van der Waals surface area contributed by atoms with E-state index in [0.717, 1.165) is 12.0 Å². The molecule has 116 valence electrons. The first-order valence-electron chi connectivity index (χ1n) is 6.77. The average Bonchev–Trinajstić information content (AvgIpc) is 2.50. The summed E-state index contributed by atoms with van der Waals surface area (Å²) in [5.41, 5.74) is 1.08. The minimum absolute atomic E-state index is 0.172. The number of carbonyl (C=O) groups excluding carboxylic acids is 1. The maximum Gasteiger partial charge on any atom is 0.308 e. The van der Waals surface area contributed by atoms with Crippen LogP contribution in [-0.4, -0.2) is 18.2 Å². The highest BCUT2D eigenvalue weighted by atomic mass is 16.5. The number of carbonyl (C=O) groups is 1. The van der Waals surface area contributed by atoms with Crippen molar-refractivity contribution in [2.24, 2.45) is 0 Å². The molecule has 0 bridgehead atoms. The second kappa shape index (κ2) is 9.23. The summed E-state index contributed by atoms with van der Waals surface area (Å²) in [7, 11) is 1.53. The van der Waals surface area contributed by atoms with Gasteiger partial charge in [0.25, 0.3) is 0 Å². The third kappa shape index (κ3) is 6.13. The molecule has 0 aliphatic heterocycles. The van der Waals surface area contributed by atoms with Crippen molar-refractivity contribution < 1.29 is 19.4 Å². The summed E-state index contributed by atoms with van der Waals surface area (Å²) in [6, 6.07) is 14.3. The summed E-state index contributed by atoms with van der Waals surface area (Å²) in [6.07, 6.45) is 2.60. The lowest BCUT2D eigenvalue weighted by Crippen LogP contribution is -2.00. The zero-order valence-corrected chi connectivity index (χ0v) is 12.8. The van der Waals surface area contributed by atoms with Gasteiger partial charge < -0.3 is 14.6 Å². The maximum atomic E-state index is 10.4. The molecule has 0 saturated carbocycles. The number of esters is 1. The molecule has 4 heteroatoms. The number of methoxy groups -OCH3 is 1. The van der Waals surface area contributed by atoms with E-state index in [1.807, 2.05) is 30.3 Å². The van der Waals surface area contributed by atoms with Crippen LogP contribution >= 0.6 is 0 Å². The van der Waals surface area contributed by atoms with Gasteiger partial charge in [-0.15, -0.1) is 6.58 Å². The molecule has 0 heterocycles. The Balaban J connectivity index is 0.000000224. The van der Waals surface area contributed by atoms with Gasteiger partial charge in [0.15, 0.2) is 11.5 Å². The lowest BCUT2D eigenvalue weighted by Gasteiger charge is -2.04. The molecule has 0 saturated heterocycles. The van der Waals surface area contributed by atoms with Crippen LogP contribution in [0.15, 0.2) is 61.2 Å². The van der Waals surface area contributed by atoms with Crippen LogP contribution in [0.5, 0.6) is 17.2 Å². The molecule has 22 heavy (non-hydrogen) atoms. The number of phenolic OH excluding ortho intramolecular Hbond substituents is 1. The van der Waals surface area contributed by atoms with Crippen LogP contribution in [-0.2, 0) is 11.2 Å². The molecule has 0 fully saturated rings. The number of hydrogen-bond acceptors (Lipinski definition) is 4. The summed E-state index contributed by atoms with van der Waals surface area (Å²) in [4.78, 5) is 10.4. The summed E-state index contributed by atoms with van der Waals surface area (Å²) in [5, 5.41) is 9.25. The molecule has 2 rings (SSSR count). The number of ether oxygens (including phenoxy) is 2. The fourth-order valence-corrected chi connectivity index (χ4v) is 1.67. The third-order valence-electron chi connectivity index (χ3n) is 2.63. The molecule has 0 amide bonds. The summed E-state index contributed by atoms with van der Waals surface area (Å²) in [6.45, 7) is 5.01. The zero-order chi connectivity index (χ0) is 16.4. The van der Waals surface area contributed by atoms with Gasteiger partial charge in [-0.05, 0) is 36.2 Å². The Hall–Kier alpha value is -2.75. The van der Waals surface area contributed by atoms with Gasteiger partial charge in [-0.3, -0.25) is 4.79 Å². The quantitative estimate of drug-likeness (QED) is 0.531. The Kier molecular flexibility index (Phi) is 7.26. The van der Waals surface area contributed by atoms with E-state index < -0.39 is 0 Å². The predicted octanol–water partition coefficient (Wildman–Crippen LogP) is 3.74. The molecule has 0 aliphatic carbocycles. The van der Waals surface area contributed by atoms with Crippen LogP contribution < -0.4 is 9.47 Å². The minimum atomic E-state index is -0.286. The van der Waals surface area contributed by atoms with Crippen molar-refractivity contribution in [2.75, 3.05) is 7.11 Å². The molecule has 0 aromatic heterocycles. The number of benzene rings is 2. The lowest BCUT2D eigenvalue weighted by molar-refractivity contribution is -0.131. The highest BCUT2D eigenvalue weighted by Crippen LogP contribution is 2.26. The number of rotatable bonds is 4. The van der Waals surface area contributed by atoms with Gasteiger partial charge in [0, 0.05) is 6.92 Å². The van der Waals surface area contributed by atoms with E-state index in [1.54, 1.807) is 24.3 Å². The van der Waals surface area contributed by atoms with Crippen LogP contribution in [0.3, 0.4) is 0 Å². The van der Waals surface area contributed by atoms with E-state index in [2.05, 4.69) is 6.58 Å². The first-order valence-corrected chi connectivity index (χ1v) is 6.77. The molecule has 0 radical (unpaired) electrons. The lowest BCUT2D eigenvalue weighted by atomic mass is 10.1. The molecule has 2 aromatic rings. The Morgan fingerprint density at radius 3 is 2.45 bits per heavy atom. The summed E-state index contributed by atoms with van der Waals surface area (Å²) in [5.74, 6) is 0.987. The first kappa shape index (κ1) is 17.3. The predicted molar refractivity (Wildman–Crippen MR) is 86.3 cm³/mol. The standard InChI is InChI=1S/C10H12O2.C8H8O2/c1-3-4-8-5-6-9(11)10(7-8)12-2;1-7(9)10-8-5-3-2-4-6-8/h3,5-7,11H,1,4H2,2H3;2-6H,1H3. The Morgan fingerprint density at radius 1 is 1.23 bits per heavy atom. The van der Waals surface area contributed by atoms with Gasteiger partial charge in [0.05, 0.1) is 7.11 Å². The first-order chi connectivity index (χ1) is 10.6. The van der Waals surface area contributed by atoms with Crippen LogP contribution in [0.2, 0.25) is 0 Å². The molecule has 0 aliphatic rings. The van der Waals surface area contributed by atoms with Crippen LogP contribution in [0.25, 0.3) is 0 Å². The Morgan fingerprint density at radius 2 is 1.91 bits per heavy atom. The number of aromatic hydroxyl groups is 1. The Labute approximate surface area is 130 Å². The van der Waals surface area contributed by atoms with Gasteiger partial charge in [-0.1, -0.05) is 30.3 Å².